The van der Waals surface area contributed by atoms with Crippen LogP contribution in [0.15, 0.2) is 0 Å². The summed E-state index contributed by atoms with van der Waals surface area (Å²) in [6.45, 7) is 8.98. The van der Waals surface area contributed by atoms with E-state index in [0.29, 0.717) is 5.92 Å². The first-order chi connectivity index (χ1) is 9.53. The fraction of sp³-hybridized carbons (Fsp3) is 0.769. The van der Waals surface area contributed by atoms with Crippen LogP contribution in [0.25, 0.3) is 4.96 Å². The van der Waals surface area contributed by atoms with E-state index in [1.165, 1.54) is 0 Å². The highest BCUT2D eigenvalue weighted by Crippen LogP contribution is 2.25. The van der Waals surface area contributed by atoms with Gasteiger partial charge in [0.2, 0.25) is 4.96 Å². The number of nitrogens with zero attached hydrogens (tertiary/aromatic N) is 4. The van der Waals surface area contributed by atoms with Crippen LogP contribution >= 0.6 is 11.3 Å². The van der Waals surface area contributed by atoms with Crippen molar-refractivity contribution in [1.82, 2.24) is 25.1 Å². The molecule has 2 aromatic heterocycles. The van der Waals surface area contributed by atoms with Gasteiger partial charge in [-0.25, -0.2) is 0 Å². The van der Waals surface area contributed by atoms with Crippen LogP contribution in [0, 0.1) is 0 Å². The van der Waals surface area contributed by atoms with Crippen LogP contribution in [0.1, 0.15) is 43.9 Å². The number of fused-ring (bicyclic) bond motifs is 1. The Morgan fingerprint density at radius 2 is 2.25 bits per heavy atom. The largest absolute Gasteiger partial charge is 0.381 e. The Labute approximate surface area is 122 Å². The van der Waals surface area contributed by atoms with Crippen molar-refractivity contribution in [2.75, 3.05) is 19.8 Å². The van der Waals surface area contributed by atoms with Crippen LogP contribution in [0.3, 0.4) is 0 Å². The molecule has 0 saturated carbocycles. The van der Waals surface area contributed by atoms with Crippen LogP contribution in [0.4, 0.5) is 0 Å². The van der Waals surface area contributed by atoms with Gasteiger partial charge < -0.3 is 10.1 Å². The van der Waals surface area contributed by atoms with E-state index >= 15 is 0 Å². The highest BCUT2D eigenvalue weighted by molar-refractivity contribution is 7.16. The first-order valence-corrected chi connectivity index (χ1v) is 7.88. The van der Waals surface area contributed by atoms with Crippen molar-refractivity contribution in [3.05, 3.63) is 10.8 Å². The molecule has 110 valence electrons. The predicted octanol–water partition coefficient (Wildman–Crippen LogP) is 1.62. The number of rotatable bonds is 4. The zero-order valence-electron chi connectivity index (χ0n) is 12.2. The first kappa shape index (κ1) is 13.9. The van der Waals surface area contributed by atoms with Crippen LogP contribution in [0.2, 0.25) is 0 Å². The molecule has 0 aliphatic carbocycles. The van der Waals surface area contributed by atoms with Crippen molar-refractivity contribution >= 4 is 16.3 Å². The normalized spacial score (nSPS) is 20.1. The van der Waals surface area contributed by atoms with Crippen molar-refractivity contribution in [2.24, 2.45) is 0 Å². The van der Waals surface area contributed by atoms with Gasteiger partial charge in [-0.05, 0) is 27.2 Å². The molecular formula is C13H21N5OS. The third-order valence-electron chi connectivity index (χ3n) is 3.35. The van der Waals surface area contributed by atoms with E-state index in [1.54, 1.807) is 11.3 Å². The average molecular weight is 295 g/mol. The topological polar surface area (TPSA) is 64.3 Å². The van der Waals surface area contributed by atoms with Crippen LogP contribution < -0.4 is 5.32 Å². The Balaban J connectivity index is 1.71. The van der Waals surface area contributed by atoms with Crippen molar-refractivity contribution in [3.8, 4) is 0 Å². The molecule has 1 N–H and O–H groups in total. The zero-order valence-corrected chi connectivity index (χ0v) is 13.0. The molecule has 1 atom stereocenters. The van der Waals surface area contributed by atoms with Crippen molar-refractivity contribution in [3.63, 3.8) is 0 Å². The van der Waals surface area contributed by atoms with Crippen LogP contribution in [-0.2, 0) is 11.2 Å². The van der Waals surface area contributed by atoms with E-state index in [2.05, 4.69) is 41.4 Å². The number of ether oxygens (including phenoxy) is 1. The lowest BCUT2D eigenvalue weighted by molar-refractivity contribution is 0.193. The molecule has 0 amide bonds. The lowest BCUT2D eigenvalue weighted by Crippen LogP contribution is -2.37. The van der Waals surface area contributed by atoms with E-state index in [-0.39, 0.29) is 5.54 Å². The van der Waals surface area contributed by atoms with Gasteiger partial charge in [0.1, 0.15) is 5.01 Å². The molecule has 3 heterocycles. The lowest BCUT2D eigenvalue weighted by atomic mass is 10.1. The standard InChI is InChI=1S/C13H21N5OS/c1-13(2,3)14-6-4-10-17-18-11(9-5-7-19-8-9)15-16-12(18)20-10/h9,14H,4-8H2,1-3H3. The Morgan fingerprint density at radius 1 is 1.40 bits per heavy atom. The summed E-state index contributed by atoms with van der Waals surface area (Å²) < 4.78 is 7.32. The third kappa shape index (κ3) is 2.99. The smallest absolute Gasteiger partial charge is 0.234 e. The summed E-state index contributed by atoms with van der Waals surface area (Å²) in [5.41, 5.74) is 0.144. The van der Waals surface area contributed by atoms with Gasteiger partial charge in [-0.15, -0.1) is 10.2 Å². The average Bonchev–Trinajstić information content (AvgIpc) is 3.00. The maximum atomic E-state index is 5.42. The third-order valence-corrected chi connectivity index (χ3v) is 4.30. The van der Waals surface area contributed by atoms with Gasteiger partial charge in [0, 0.05) is 31.0 Å². The molecule has 0 aromatic carbocycles. The minimum absolute atomic E-state index is 0.144. The summed E-state index contributed by atoms with van der Waals surface area (Å²) in [7, 11) is 0. The molecule has 0 bridgehead atoms. The van der Waals surface area contributed by atoms with Gasteiger partial charge in [-0.1, -0.05) is 11.3 Å². The molecule has 1 aliphatic heterocycles. The summed E-state index contributed by atoms with van der Waals surface area (Å²) in [6.07, 6.45) is 1.94. The van der Waals surface area contributed by atoms with Gasteiger partial charge in [-0.3, -0.25) is 0 Å². The Kier molecular flexibility index (Phi) is 3.74. The second-order valence-electron chi connectivity index (χ2n) is 6.24. The van der Waals surface area contributed by atoms with E-state index in [0.717, 1.165) is 48.4 Å². The summed E-state index contributed by atoms with van der Waals surface area (Å²) in [4.78, 5) is 0.887. The predicted molar refractivity (Wildman–Crippen MR) is 78.3 cm³/mol. The van der Waals surface area contributed by atoms with Gasteiger partial charge in [0.25, 0.3) is 0 Å². The summed E-state index contributed by atoms with van der Waals surface area (Å²) in [5.74, 6) is 1.29. The first-order valence-electron chi connectivity index (χ1n) is 7.07. The molecule has 1 saturated heterocycles. The summed E-state index contributed by atoms with van der Waals surface area (Å²) in [5, 5.41) is 17.7. The molecule has 1 unspecified atom stereocenters. The van der Waals surface area contributed by atoms with E-state index < -0.39 is 0 Å². The maximum Gasteiger partial charge on any atom is 0.234 e. The molecule has 20 heavy (non-hydrogen) atoms. The van der Waals surface area contributed by atoms with E-state index in [9.17, 15) is 0 Å². The van der Waals surface area contributed by atoms with Gasteiger partial charge in [-0.2, -0.15) is 9.61 Å². The highest BCUT2D eigenvalue weighted by atomic mass is 32.1. The molecule has 7 heteroatoms. The van der Waals surface area contributed by atoms with E-state index in [1.807, 2.05) is 4.52 Å². The second kappa shape index (κ2) is 5.38. The lowest BCUT2D eigenvalue weighted by Gasteiger charge is -2.19. The van der Waals surface area contributed by atoms with Gasteiger partial charge >= 0.3 is 0 Å². The van der Waals surface area contributed by atoms with Crippen LogP contribution in [-0.4, -0.2) is 45.1 Å². The molecule has 1 aliphatic rings. The fourth-order valence-electron chi connectivity index (χ4n) is 2.31. The molecule has 6 nitrogen and oxygen atoms in total. The SMILES string of the molecule is CC(C)(C)NCCc1nn2c(C3CCOC3)nnc2s1. The number of aromatic nitrogens is 4. The summed E-state index contributed by atoms with van der Waals surface area (Å²) in [6, 6.07) is 0. The molecule has 3 rings (SSSR count). The number of nitrogens with one attached hydrogen (secondary N) is 1. The highest BCUT2D eigenvalue weighted by Gasteiger charge is 2.24. The van der Waals surface area contributed by atoms with Crippen LogP contribution in [0.5, 0.6) is 0 Å². The Hall–Kier alpha value is -1.05. The molecular weight excluding hydrogens is 274 g/mol. The zero-order chi connectivity index (χ0) is 14.2. The van der Waals surface area contributed by atoms with Crippen molar-refractivity contribution in [2.45, 2.75) is 45.1 Å². The van der Waals surface area contributed by atoms with Crippen molar-refractivity contribution < 1.29 is 4.74 Å². The van der Waals surface area contributed by atoms with Crippen molar-refractivity contribution in [1.29, 1.82) is 0 Å². The quantitative estimate of drug-likeness (QED) is 0.928. The molecule has 2 aromatic rings. The summed E-state index contributed by atoms with van der Waals surface area (Å²) >= 11 is 1.62. The van der Waals surface area contributed by atoms with Gasteiger partial charge in [0.05, 0.1) is 6.61 Å². The number of hydrogen-bond donors (Lipinski definition) is 1. The molecule has 0 radical (unpaired) electrons. The monoisotopic (exact) mass is 295 g/mol. The van der Waals surface area contributed by atoms with E-state index in [4.69, 9.17) is 4.74 Å². The molecule has 0 spiro atoms. The minimum atomic E-state index is 0.144. The number of hydrogen-bond acceptors (Lipinski definition) is 6. The maximum absolute atomic E-state index is 5.42. The Bertz CT molecular complexity index is 579. The minimum Gasteiger partial charge on any atom is -0.381 e. The van der Waals surface area contributed by atoms with Gasteiger partial charge in [0.15, 0.2) is 5.82 Å². The second-order valence-corrected chi connectivity index (χ2v) is 7.28. The fourth-order valence-corrected chi connectivity index (χ4v) is 3.15. The Morgan fingerprint density at radius 3 is 2.95 bits per heavy atom. The molecule has 1 fully saturated rings.